The van der Waals surface area contributed by atoms with E-state index in [0.717, 1.165) is 12.3 Å². The topological polar surface area (TPSA) is 0 Å². The Labute approximate surface area is 72.8 Å². The molecule has 0 saturated carbocycles. The largest absolute Gasteiger partial charge is 0.100 e. The average Bonchev–Trinajstić information content (AvgIpc) is 1.82. The zero-order valence-corrected chi connectivity index (χ0v) is 8.74. The first kappa shape index (κ1) is 10.2. The van der Waals surface area contributed by atoms with Crippen molar-refractivity contribution < 1.29 is 0 Å². The number of halogens is 1. The Balaban J connectivity index is 3.39. The molecule has 0 aromatic rings. The van der Waals surface area contributed by atoms with Gasteiger partial charge in [0.25, 0.3) is 0 Å². The molecule has 2 unspecified atom stereocenters. The van der Waals surface area contributed by atoms with E-state index < -0.39 is 0 Å². The van der Waals surface area contributed by atoms with Crippen LogP contribution in [0.1, 0.15) is 33.6 Å². The van der Waals surface area contributed by atoms with Crippen LogP contribution in [-0.4, -0.2) is 4.83 Å². The quantitative estimate of drug-likeness (QED) is 0.484. The minimum Gasteiger partial charge on any atom is -0.100 e. The molecule has 0 heterocycles. The first-order valence-electron chi connectivity index (χ1n) is 3.82. The van der Waals surface area contributed by atoms with Crippen LogP contribution in [-0.2, 0) is 0 Å². The smallest absolute Gasteiger partial charge is 0.0143 e. The maximum Gasteiger partial charge on any atom is 0.0143 e. The molecule has 0 radical (unpaired) electrons. The number of alkyl halides is 1. The molecule has 0 aromatic carbocycles. The summed E-state index contributed by atoms with van der Waals surface area (Å²) < 4.78 is 0. The Morgan fingerprint density at radius 3 is 2.30 bits per heavy atom. The van der Waals surface area contributed by atoms with Gasteiger partial charge in [-0.05, 0) is 25.7 Å². The lowest BCUT2D eigenvalue weighted by Gasteiger charge is -2.12. The molecule has 1 heteroatoms. The normalized spacial score (nSPS) is 16.4. The third-order valence-electron chi connectivity index (χ3n) is 1.81. The van der Waals surface area contributed by atoms with Gasteiger partial charge in [-0.15, -0.1) is 6.58 Å². The van der Waals surface area contributed by atoms with Gasteiger partial charge < -0.3 is 0 Å². The standard InChI is InChI=1S/C9H17Br/c1-7(2)5-6-8(3)9(4)10/h8-9H,1,5-6H2,2-4H3. The highest BCUT2D eigenvalue weighted by Gasteiger charge is 2.07. The van der Waals surface area contributed by atoms with Crippen LogP contribution >= 0.6 is 15.9 Å². The molecule has 0 saturated heterocycles. The van der Waals surface area contributed by atoms with Gasteiger partial charge in [0.15, 0.2) is 0 Å². The maximum atomic E-state index is 3.87. The summed E-state index contributed by atoms with van der Waals surface area (Å²) in [4.78, 5) is 0.631. The monoisotopic (exact) mass is 204 g/mol. The zero-order valence-electron chi connectivity index (χ0n) is 7.15. The lowest BCUT2D eigenvalue weighted by Crippen LogP contribution is -2.05. The van der Waals surface area contributed by atoms with Crippen molar-refractivity contribution in [3.8, 4) is 0 Å². The first-order chi connectivity index (χ1) is 4.54. The molecule has 0 aromatic heterocycles. The molecule has 0 aliphatic rings. The first-order valence-corrected chi connectivity index (χ1v) is 4.74. The van der Waals surface area contributed by atoms with E-state index in [0.29, 0.717) is 4.83 Å². The van der Waals surface area contributed by atoms with E-state index in [1.807, 2.05) is 0 Å². The van der Waals surface area contributed by atoms with E-state index in [1.54, 1.807) is 0 Å². The lowest BCUT2D eigenvalue weighted by atomic mass is 10.0. The molecule has 0 spiro atoms. The molecule has 60 valence electrons. The zero-order chi connectivity index (χ0) is 8.15. The average molecular weight is 205 g/mol. The van der Waals surface area contributed by atoms with Crippen molar-refractivity contribution >= 4 is 15.9 Å². The summed E-state index contributed by atoms with van der Waals surface area (Å²) in [7, 11) is 0. The van der Waals surface area contributed by atoms with Crippen LogP contribution in [0.5, 0.6) is 0 Å². The number of allylic oxidation sites excluding steroid dienone is 1. The van der Waals surface area contributed by atoms with Crippen molar-refractivity contribution in [2.75, 3.05) is 0 Å². The third-order valence-corrected chi connectivity index (χ3v) is 2.71. The SMILES string of the molecule is C=C(C)CCC(C)C(C)Br. The van der Waals surface area contributed by atoms with E-state index in [2.05, 4.69) is 43.3 Å². The van der Waals surface area contributed by atoms with Crippen LogP contribution in [0, 0.1) is 5.92 Å². The second-order valence-electron chi connectivity index (χ2n) is 3.15. The second kappa shape index (κ2) is 4.95. The van der Waals surface area contributed by atoms with Crippen molar-refractivity contribution in [1.82, 2.24) is 0 Å². The summed E-state index contributed by atoms with van der Waals surface area (Å²) in [5, 5.41) is 0. The molecule has 0 nitrogen and oxygen atoms in total. The molecule has 2 atom stereocenters. The van der Waals surface area contributed by atoms with Gasteiger partial charge >= 0.3 is 0 Å². The summed E-state index contributed by atoms with van der Waals surface area (Å²) >= 11 is 3.56. The summed E-state index contributed by atoms with van der Waals surface area (Å²) in [6.07, 6.45) is 2.42. The van der Waals surface area contributed by atoms with Crippen molar-refractivity contribution in [1.29, 1.82) is 0 Å². The van der Waals surface area contributed by atoms with Gasteiger partial charge in [-0.2, -0.15) is 0 Å². The molecular formula is C9H17Br. The molecule has 0 amide bonds. The Bertz CT molecular complexity index is 105. The van der Waals surface area contributed by atoms with Crippen molar-refractivity contribution in [3.05, 3.63) is 12.2 Å². The molecule has 0 rings (SSSR count). The van der Waals surface area contributed by atoms with Crippen LogP contribution < -0.4 is 0 Å². The Hall–Kier alpha value is 0.220. The number of rotatable bonds is 4. The van der Waals surface area contributed by atoms with Crippen molar-refractivity contribution in [2.45, 2.75) is 38.4 Å². The predicted octanol–water partition coefficient (Wildman–Crippen LogP) is 3.76. The van der Waals surface area contributed by atoms with Crippen LogP contribution in [0.15, 0.2) is 12.2 Å². The second-order valence-corrected chi connectivity index (χ2v) is 4.59. The molecule has 0 N–H and O–H groups in total. The highest BCUT2D eigenvalue weighted by atomic mass is 79.9. The Morgan fingerprint density at radius 1 is 1.50 bits per heavy atom. The van der Waals surface area contributed by atoms with Gasteiger partial charge in [0.1, 0.15) is 0 Å². The molecule has 10 heavy (non-hydrogen) atoms. The van der Waals surface area contributed by atoms with Crippen LogP contribution in [0.2, 0.25) is 0 Å². The van der Waals surface area contributed by atoms with Gasteiger partial charge in [-0.3, -0.25) is 0 Å². The van der Waals surface area contributed by atoms with E-state index in [-0.39, 0.29) is 0 Å². The Morgan fingerprint density at radius 2 is 2.00 bits per heavy atom. The minimum atomic E-state index is 0.631. The van der Waals surface area contributed by atoms with E-state index in [1.165, 1.54) is 12.0 Å². The van der Waals surface area contributed by atoms with Gasteiger partial charge in [-0.25, -0.2) is 0 Å². The maximum absolute atomic E-state index is 3.87. The lowest BCUT2D eigenvalue weighted by molar-refractivity contribution is 0.533. The fraction of sp³-hybridized carbons (Fsp3) is 0.778. The highest BCUT2D eigenvalue weighted by Crippen LogP contribution is 2.18. The van der Waals surface area contributed by atoms with E-state index >= 15 is 0 Å². The van der Waals surface area contributed by atoms with Crippen molar-refractivity contribution in [3.63, 3.8) is 0 Å². The van der Waals surface area contributed by atoms with Crippen LogP contribution in [0.25, 0.3) is 0 Å². The summed E-state index contributed by atoms with van der Waals surface area (Å²) in [5.41, 5.74) is 1.29. The van der Waals surface area contributed by atoms with E-state index in [4.69, 9.17) is 0 Å². The number of hydrogen-bond acceptors (Lipinski definition) is 0. The minimum absolute atomic E-state index is 0.631. The van der Waals surface area contributed by atoms with Crippen molar-refractivity contribution in [2.24, 2.45) is 5.92 Å². The van der Waals surface area contributed by atoms with Gasteiger partial charge in [0, 0.05) is 4.83 Å². The summed E-state index contributed by atoms with van der Waals surface area (Å²) in [6, 6.07) is 0. The number of hydrogen-bond donors (Lipinski definition) is 0. The highest BCUT2D eigenvalue weighted by molar-refractivity contribution is 9.09. The molecule has 0 fully saturated rings. The molecule has 0 aliphatic heterocycles. The van der Waals surface area contributed by atoms with Gasteiger partial charge in [0.2, 0.25) is 0 Å². The molecule has 0 bridgehead atoms. The van der Waals surface area contributed by atoms with Crippen LogP contribution in [0.4, 0.5) is 0 Å². The fourth-order valence-corrected chi connectivity index (χ4v) is 0.968. The van der Waals surface area contributed by atoms with E-state index in [9.17, 15) is 0 Å². The molecular weight excluding hydrogens is 188 g/mol. The molecule has 0 aliphatic carbocycles. The van der Waals surface area contributed by atoms with Gasteiger partial charge in [0.05, 0.1) is 0 Å². The van der Waals surface area contributed by atoms with Gasteiger partial charge in [-0.1, -0.05) is 35.4 Å². The predicted molar refractivity (Wildman–Crippen MR) is 51.6 cm³/mol. The van der Waals surface area contributed by atoms with Crippen LogP contribution in [0.3, 0.4) is 0 Å². The fourth-order valence-electron chi connectivity index (χ4n) is 0.704. The summed E-state index contributed by atoms with van der Waals surface area (Å²) in [6.45, 7) is 10.4. The third kappa shape index (κ3) is 5.04. The Kier molecular flexibility index (Phi) is 5.06. The summed E-state index contributed by atoms with van der Waals surface area (Å²) in [5.74, 6) is 0.761.